The molecule has 0 saturated carbocycles. The Hall–Kier alpha value is -2.48. The Kier molecular flexibility index (Phi) is 4.12. The van der Waals surface area contributed by atoms with Crippen LogP contribution in [0.4, 0.5) is 0 Å². The second-order valence-electron chi connectivity index (χ2n) is 3.08. The lowest BCUT2D eigenvalue weighted by atomic mass is 10.1. The summed E-state index contributed by atoms with van der Waals surface area (Å²) in [6, 6.07) is 6.52. The van der Waals surface area contributed by atoms with Crippen molar-refractivity contribution < 1.29 is 19.4 Å². The zero-order valence-electron chi connectivity index (χ0n) is 9.43. The second kappa shape index (κ2) is 5.56. The maximum atomic E-state index is 10.7. The van der Waals surface area contributed by atoms with Crippen LogP contribution in [0, 0.1) is 11.3 Å². The molecule has 0 amide bonds. The second-order valence-corrected chi connectivity index (χ2v) is 3.08. The fourth-order valence-corrected chi connectivity index (χ4v) is 1.25. The van der Waals surface area contributed by atoms with Gasteiger partial charge in [-0.3, -0.25) is 0 Å². The molecule has 1 aromatic carbocycles. The normalized spacial score (nSPS) is 10.5. The summed E-state index contributed by atoms with van der Waals surface area (Å²) in [5, 5.41) is 17.4. The van der Waals surface area contributed by atoms with Crippen LogP contribution >= 0.6 is 0 Å². The lowest BCUT2D eigenvalue weighted by Crippen LogP contribution is -1.98. The predicted molar refractivity (Wildman–Crippen MR) is 60.8 cm³/mol. The molecule has 88 valence electrons. The van der Waals surface area contributed by atoms with Gasteiger partial charge in [0.15, 0.2) is 0 Å². The first-order chi connectivity index (χ1) is 8.12. The summed E-state index contributed by atoms with van der Waals surface area (Å²) >= 11 is 0. The molecule has 0 fully saturated rings. The highest BCUT2D eigenvalue weighted by atomic mass is 16.5. The summed E-state index contributed by atoms with van der Waals surface area (Å²) in [7, 11) is 2.96. The Bertz CT molecular complexity index is 500. The van der Waals surface area contributed by atoms with Crippen molar-refractivity contribution in [3.05, 3.63) is 29.3 Å². The summed E-state index contributed by atoms with van der Waals surface area (Å²) in [5.74, 6) is -0.253. The SMILES string of the molecule is COc1ccc(OC)c(/C=C(\C#N)C(=O)O)c1. The van der Waals surface area contributed by atoms with Gasteiger partial charge >= 0.3 is 5.97 Å². The van der Waals surface area contributed by atoms with Crippen molar-refractivity contribution in [1.82, 2.24) is 0 Å². The van der Waals surface area contributed by atoms with Crippen LogP contribution in [0.15, 0.2) is 23.8 Å². The van der Waals surface area contributed by atoms with Crippen LogP contribution in [0.1, 0.15) is 5.56 Å². The van der Waals surface area contributed by atoms with E-state index in [9.17, 15) is 4.79 Å². The average Bonchev–Trinajstić information content (AvgIpc) is 2.35. The molecule has 0 bridgehead atoms. The summed E-state index contributed by atoms with van der Waals surface area (Å²) in [5.41, 5.74) is 0.113. The molecule has 0 radical (unpaired) electrons. The lowest BCUT2D eigenvalue weighted by Gasteiger charge is -2.07. The minimum atomic E-state index is -1.28. The molecule has 1 N–H and O–H groups in total. The van der Waals surface area contributed by atoms with Crippen molar-refractivity contribution in [3.63, 3.8) is 0 Å². The zero-order valence-corrected chi connectivity index (χ0v) is 9.43. The van der Waals surface area contributed by atoms with Gasteiger partial charge in [-0.25, -0.2) is 4.79 Å². The number of nitriles is 1. The van der Waals surface area contributed by atoms with Crippen LogP contribution in [-0.4, -0.2) is 25.3 Å². The molecule has 5 nitrogen and oxygen atoms in total. The molecule has 0 aliphatic rings. The molecule has 0 atom stereocenters. The monoisotopic (exact) mass is 233 g/mol. The molecule has 1 rings (SSSR count). The van der Waals surface area contributed by atoms with Crippen molar-refractivity contribution in [2.75, 3.05) is 14.2 Å². The van der Waals surface area contributed by atoms with E-state index in [0.717, 1.165) is 0 Å². The Morgan fingerprint density at radius 3 is 2.59 bits per heavy atom. The van der Waals surface area contributed by atoms with E-state index >= 15 is 0 Å². The van der Waals surface area contributed by atoms with Crippen LogP contribution in [0.5, 0.6) is 11.5 Å². The number of ether oxygens (including phenoxy) is 2. The van der Waals surface area contributed by atoms with Crippen LogP contribution < -0.4 is 9.47 Å². The molecule has 0 aliphatic carbocycles. The molecular weight excluding hydrogens is 222 g/mol. The number of carboxylic acids is 1. The highest BCUT2D eigenvalue weighted by Crippen LogP contribution is 2.26. The number of hydrogen-bond donors (Lipinski definition) is 1. The molecule has 0 saturated heterocycles. The summed E-state index contributed by atoms with van der Waals surface area (Å²) in [6.07, 6.45) is 1.24. The first-order valence-corrected chi connectivity index (χ1v) is 4.69. The third-order valence-corrected chi connectivity index (χ3v) is 2.09. The van der Waals surface area contributed by atoms with E-state index in [1.54, 1.807) is 24.3 Å². The third kappa shape index (κ3) is 2.98. The number of carboxylic acid groups (broad SMARTS) is 1. The maximum Gasteiger partial charge on any atom is 0.346 e. The topological polar surface area (TPSA) is 79.5 Å². The molecule has 0 aliphatic heterocycles. The standard InChI is InChI=1S/C12H11NO4/c1-16-10-3-4-11(17-2)8(6-10)5-9(7-13)12(14)15/h3-6H,1-2H3,(H,14,15)/b9-5+. The Morgan fingerprint density at radius 1 is 1.41 bits per heavy atom. The molecule has 1 aromatic rings. The quantitative estimate of drug-likeness (QED) is 0.632. The molecule has 0 unspecified atom stereocenters. The summed E-state index contributed by atoms with van der Waals surface area (Å²) < 4.78 is 10.1. The van der Waals surface area contributed by atoms with Gasteiger partial charge < -0.3 is 14.6 Å². The van der Waals surface area contributed by atoms with E-state index in [-0.39, 0.29) is 5.57 Å². The molecule has 0 aromatic heterocycles. The average molecular weight is 233 g/mol. The maximum absolute atomic E-state index is 10.7. The molecule has 0 heterocycles. The minimum absolute atomic E-state index is 0.364. The van der Waals surface area contributed by atoms with Crippen molar-refractivity contribution in [2.45, 2.75) is 0 Å². The first kappa shape index (κ1) is 12.6. The van der Waals surface area contributed by atoms with Gasteiger partial charge in [-0.2, -0.15) is 5.26 Å². The Balaban J connectivity index is 3.28. The minimum Gasteiger partial charge on any atom is -0.497 e. The molecule has 0 spiro atoms. The van der Waals surface area contributed by atoms with Crippen molar-refractivity contribution in [3.8, 4) is 17.6 Å². The molecule has 17 heavy (non-hydrogen) atoms. The number of carbonyl (C=O) groups is 1. The van der Waals surface area contributed by atoms with Crippen molar-refractivity contribution >= 4 is 12.0 Å². The van der Waals surface area contributed by atoms with E-state index in [1.807, 2.05) is 0 Å². The predicted octanol–water partition coefficient (Wildman–Crippen LogP) is 1.70. The first-order valence-electron chi connectivity index (χ1n) is 4.69. The molecule has 5 heteroatoms. The van der Waals surface area contributed by atoms with Gasteiger partial charge in [0.25, 0.3) is 0 Å². The van der Waals surface area contributed by atoms with E-state index in [0.29, 0.717) is 17.1 Å². The number of aliphatic carboxylic acids is 1. The number of nitrogens with zero attached hydrogens (tertiary/aromatic N) is 1. The van der Waals surface area contributed by atoms with E-state index in [4.69, 9.17) is 19.8 Å². The van der Waals surface area contributed by atoms with Crippen LogP contribution in [0.3, 0.4) is 0 Å². The van der Waals surface area contributed by atoms with Crippen LogP contribution in [0.2, 0.25) is 0 Å². The van der Waals surface area contributed by atoms with E-state index in [2.05, 4.69) is 0 Å². The number of methoxy groups -OCH3 is 2. The Labute approximate surface area is 98.5 Å². The largest absolute Gasteiger partial charge is 0.497 e. The fourth-order valence-electron chi connectivity index (χ4n) is 1.25. The number of hydrogen-bond acceptors (Lipinski definition) is 4. The fraction of sp³-hybridized carbons (Fsp3) is 0.167. The van der Waals surface area contributed by atoms with Crippen LogP contribution in [-0.2, 0) is 4.79 Å². The summed E-state index contributed by atoms with van der Waals surface area (Å²) in [6.45, 7) is 0. The van der Waals surface area contributed by atoms with Gasteiger partial charge in [0.1, 0.15) is 23.1 Å². The smallest absolute Gasteiger partial charge is 0.346 e. The van der Waals surface area contributed by atoms with E-state index < -0.39 is 5.97 Å². The summed E-state index contributed by atoms with van der Waals surface area (Å²) in [4.78, 5) is 10.7. The van der Waals surface area contributed by atoms with E-state index in [1.165, 1.54) is 20.3 Å². The highest BCUT2D eigenvalue weighted by Gasteiger charge is 2.09. The Morgan fingerprint density at radius 2 is 2.12 bits per heavy atom. The van der Waals surface area contributed by atoms with Gasteiger partial charge in [0.05, 0.1) is 14.2 Å². The van der Waals surface area contributed by atoms with Crippen molar-refractivity contribution in [2.24, 2.45) is 0 Å². The van der Waals surface area contributed by atoms with Gasteiger partial charge in [-0.05, 0) is 24.3 Å². The lowest BCUT2D eigenvalue weighted by molar-refractivity contribution is -0.132. The van der Waals surface area contributed by atoms with Crippen molar-refractivity contribution in [1.29, 1.82) is 5.26 Å². The van der Waals surface area contributed by atoms with Gasteiger partial charge in [0.2, 0.25) is 0 Å². The van der Waals surface area contributed by atoms with Gasteiger partial charge in [0, 0.05) is 5.56 Å². The highest BCUT2D eigenvalue weighted by molar-refractivity contribution is 5.96. The number of rotatable bonds is 4. The molecular formula is C12H11NO4. The van der Waals surface area contributed by atoms with Gasteiger partial charge in [-0.15, -0.1) is 0 Å². The van der Waals surface area contributed by atoms with Gasteiger partial charge in [-0.1, -0.05) is 0 Å². The zero-order chi connectivity index (χ0) is 12.8. The van der Waals surface area contributed by atoms with Crippen LogP contribution in [0.25, 0.3) is 6.08 Å². The third-order valence-electron chi connectivity index (χ3n) is 2.09. The number of benzene rings is 1.